The lowest BCUT2D eigenvalue weighted by molar-refractivity contribution is -0.132. The first-order chi connectivity index (χ1) is 13.5. The van der Waals surface area contributed by atoms with Crippen molar-refractivity contribution in [2.45, 2.75) is 33.1 Å². The molecule has 150 valence electrons. The van der Waals surface area contributed by atoms with Crippen LogP contribution in [-0.2, 0) is 16.0 Å². The van der Waals surface area contributed by atoms with Gasteiger partial charge in [0.15, 0.2) is 0 Å². The minimum Gasteiger partial charge on any atom is -0.347 e. The van der Waals surface area contributed by atoms with Crippen LogP contribution in [0.25, 0.3) is 0 Å². The number of nitrogens with zero attached hydrogens (tertiary/aromatic N) is 2. The molecule has 0 spiro atoms. The normalized spacial score (nSPS) is 23.8. The van der Waals surface area contributed by atoms with Crippen molar-refractivity contribution in [1.82, 2.24) is 15.1 Å². The summed E-state index contributed by atoms with van der Waals surface area (Å²) in [5, 5.41) is 2.64. The maximum absolute atomic E-state index is 12.6. The molecule has 5 heteroatoms. The molecular formula is C23H31N3O2. The summed E-state index contributed by atoms with van der Waals surface area (Å²) in [4.78, 5) is 28.1. The van der Waals surface area contributed by atoms with Gasteiger partial charge in [0.1, 0.15) is 0 Å². The smallest absolute Gasteiger partial charge is 0.241 e. The van der Waals surface area contributed by atoms with Gasteiger partial charge >= 0.3 is 0 Å². The predicted molar refractivity (Wildman–Crippen MR) is 110 cm³/mol. The zero-order valence-corrected chi connectivity index (χ0v) is 17.0. The number of fused-ring (bicyclic) bond motifs is 1. The number of nitrogens with one attached hydrogen (secondary N) is 1. The lowest BCUT2D eigenvalue weighted by atomic mass is 9.76. The van der Waals surface area contributed by atoms with Crippen LogP contribution in [0.1, 0.15) is 32.3 Å². The first kappa shape index (κ1) is 20.4. The van der Waals surface area contributed by atoms with Crippen molar-refractivity contribution in [3.63, 3.8) is 0 Å². The van der Waals surface area contributed by atoms with Crippen LogP contribution in [-0.4, -0.2) is 60.9 Å². The zero-order valence-electron chi connectivity index (χ0n) is 17.0. The first-order valence-corrected chi connectivity index (χ1v) is 10.3. The summed E-state index contributed by atoms with van der Waals surface area (Å²) in [5.41, 5.74) is 1.47. The molecule has 1 N–H and O–H groups in total. The largest absolute Gasteiger partial charge is 0.347 e. The molecule has 0 aromatic heterocycles. The van der Waals surface area contributed by atoms with E-state index < -0.39 is 0 Å². The highest BCUT2D eigenvalue weighted by Gasteiger charge is 2.52. The molecule has 2 heterocycles. The number of carbonyl (C=O) groups is 2. The number of hydrogen-bond donors (Lipinski definition) is 1. The Morgan fingerprint density at radius 1 is 1.18 bits per heavy atom. The van der Waals surface area contributed by atoms with Crippen LogP contribution >= 0.6 is 0 Å². The molecule has 2 unspecified atom stereocenters. The molecule has 2 aliphatic heterocycles. The van der Waals surface area contributed by atoms with Gasteiger partial charge in [-0.3, -0.25) is 14.5 Å². The predicted octanol–water partition coefficient (Wildman–Crippen LogP) is 1.93. The van der Waals surface area contributed by atoms with E-state index in [2.05, 4.69) is 53.2 Å². The van der Waals surface area contributed by atoms with E-state index in [1.165, 1.54) is 12.5 Å². The Balaban J connectivity index is 1.68. The van der Waals surface area contributed by atoms with Gasteiger partial charge in [0.05, 0.1) is 13.1 Å². The average Bonchev–Trinajstić information content (AvgIpc) is 3.19. The summed E-state index contributed by atoms with van der Waals surface area (Å²) < 4.78 is 0. The van der Waals surface area contributed by atoms with Crippen LogP contribution in [0.5, 0.6) is 0 Å². The van der Waals surface area contributed by atoms with Crippen LogP contribution in [0.3, 0.4) is 0 Å². The lowest BCUT2D eigenvalue weighted by Gasteiger charge is -2.29. The summed E-state index contributed by atoms with van der Waals surface area (Å²) in [6.07, 6.45) is 2.99. The molecule has 2 atom stereocenters. The van der Waals surface area contributed by atoms with Crippen molar-refractivity contribution in [1.29, 1.82) is 0 Å². The zero-order chi connectivity index (χ0) is 20.0. The molecular weight excluding hydrogens is 350 g/mol. The van der Waals surface area contributed by atoms with Gasteiger partial charge in [-0.1, -0.05) is 43.2 Å². The highest BCUT2D eigenvalue weighted by atomic mass is 16.2. The van der Waals surface area contributed by atoms with Crippen molar-refractivity contribution in [2.24, 2.45) is 11.3 Å². The second-order valence-corrected chi connectivity index (χ2v) is 8.11. The van der Waals surface area contributed by atoms with E-state index >= 15 is 0 Å². The number of benzene rings is 1. The molecule has 1 aromatic carbocycles. The van der Waals surface area contributed by atoms with Crippen molar-refractivity contribution in [3.05, 3.63) is 35.9 Å². The summed E-state index contributed by atoms with van der Waals surface area (Å²) in [6, 6.07) is 10.6. The summed E-state index contributed by atoms with van der Waals surface area (Å²) in [7, 11) is 0. The van der Waals surface area contributed by atoms with Crippen molar-refractivity contribution >= 4 is 11.8 Å². The van der Waals surface area contributed by atoms with Crippen molar-refractivity contribution < 1.29 is 9.59 Å². The van der Waals surface area contributed by atoms with E-state index in [1.807, 2.05) is 11.0 Å². The molecule has 2 saturated heterocycles. The van der Waals surface area contributed by atoms with Crippen LogP contribution in [0.4, 0.5) is 0 Å². The SMILES string of the molecule is CCC#CCN1CC2CN(C(=O)CNC(C)=O)CC2(CCc2ccccc2)C1. The Hall–Kier alpha value is -2.32. The number of aryl methyl sites for hydroxylation is 1. The maximum Gasteiger partial charge on any atom is 0.241 e. The topological polar surface area (TPSA) is 52.6 Å². The molecule has 2 fully saturated rings. The second-order valence-electron chi connectivity index (χ2n) is 8.11. The fourth-order valence-corrected chi connectivity index (χ4v) is 4.60. The molecule has 1 aromatic rings. The van der Waals surface area contributed by atoms with Crippen LogP contribution in [0, 0.1) is 23.2 Å². The lowest BCUT2D eigenvalue weighted by Crippen LogP contribution is -2.41. The third-order valence-corrected chi connectivity index (χ3v) is 6.03. The molecule has 0 radical (unpaired) electrons. The number of likely N-dealkylation sites (tertiary alicyclic amines) is 2. The number of rotatable bonds is 6. The molecule has 0 bridgehead atoms. The van der Waals surface area contributed by atoms with Gasteiger partial charge in [0.2, 0.25) is 11.8 Å². The minimum absolute atomic E-state index is 0.0287. The Morgan fingerprint density at radius 2 is 1.96 bits per heavy atom. The minimum atomic E-state index is -0.160. The standard InChI is InChI=1S/C23H31N3O2/c1-3-4-8-13-25-15-21-16-26(22(28)14-24-19(2)27)18-23(21,17-25)12-11-20-9-6-5-7-10-20/h5-7,9-10,21H,3,11-18H2,1-2H3,(H,24,27). The summed E-state index contributed by atoms with van der Waals surface area (Å²) in [6.45, 7) is 7.99. The molecule has 0 saturated carbocycles. The Bertz CT molecular complexity index is 752. The molecule has 28 heavy (non-hydrogen) atoms. The highest BCUT2D eigenvalue weighted by molar-refractivity contribution is 5.84. The molecule has 3 rings (SSSR count). The first-order valence-electron chi connectivity index (χ1n) is 10.3. The van der Waals surface area contributed by atoms with Gasteiger partial charge < -0.3 is 10.2 Å². The van der Waals surface area contributed by atoms with Gasteiger partial charge in [0, 0.05) is 44.9 Å². The molecule has 2 amide bonds. The third-order valence-electron chi connectivity index (χ3n) is 6.03. The maximum atomic E-state index is 12.6. The number of hydrogen-bond acceptors (Lipinski definition) is 3. The second kappa shape index (κ2) is 9.25. The molecule has 0 aliphatic carbocycles. The third kappa shape index (κ3) is 4.94. The van der Waals surface area contributed by atoms with E-state index in [9.17, 15) is 9.59 Å². The Morgan fingerprint density at radius 3 is 2.68 bits per heavy atom. The van der Waals surface area contributed by atoms with Crippen LogP contribution < -0.4 is 5.32 Å². The van der Waals surface area contributed by atoms with Crippen LogP contribution in [0.2, 0.25) is 0 Å². The van der Waals surface area contributed by atoms with Gasteiger partial charge in [-0.25, -0.2) is 0 Å². The van der Waals surface area contributed by atoms with Gasteiger partial charge in [0.25, 0.3) is 0 Å². The van der Waals surface area contributed by atoms with E-state index in [0.717, 1.165) is 52.0 Å². The van der Waals surface area contributed by atoms with Gasteiger partial charge in [-0.2, -0.15) is 0 Å². The van der Waals surface area contributed by atoms with Crippen LogP contribution in [0.15, 0.2) is 30.3 Å². The number of amides is 2. The average molecular weight is 382 g/mol. The quantitative estimate of drug-likeness (QED) is 0.766. The van der Waals surface area contributed by atoms with E-state index in [4.69, 9.17) is 0 Å². The summed E-state index contributed by atoms with van der Waals surface area (Å²) >= 11 is 0. The van der Waals surface area contributed by atoms with Crippen molar-refractivity contribution in [3.8, 4) is 11.8 Å². The fourth-order valence-electron chi connectivity index (χ4n) is 4.60. The number of carbonyl (C=O) groups excluding carboxylic acids is 2. The van der Waals surface area contributed by atoms with E-state index in [-0.39, 0.29) is 23.8 Å². The highest BCUT2D eigenvalue weighted by Crippen LogP contribution is 2.45. The van der Waals surface area contributed by atoms with E-state index in [1.54, 1.807) is 0 Å². The Labute approximate surface area is 168 Å². The summed E-state index contributed by atoms with van der Waals surface area (Å²) in [5.74, 6) is 6.78. The molecule has 5 nitrogen and oxygen atoms in total. The molecule has 2 aliphatic rings. The van der Waals surface area contributed by atoms with Gasteiger partial charge in [-0.05, 0) is 24.3 Å². The van der Waals surface area contributed by atoms with Crippen molar-refractivity contribution in [2.75, 3.05) is 39.3 Å². The van der Waals surface area contributed by atoms with E-state index in [0.29, 0.717) is 5.92 Å². The monoisotopic (exact) mass is 381 g/mol. The fraction of sp³-hybridized carbons (Fsp3) is 0.565. The van der Waals surface area contributed by atoms with Gasteiger partial charge in [-0.15, -0.1) is 5.92 Å². The Kier molecular flexibility index (Phi) is 6.74.